The number of fused-ring (bicyclic) bond motifs is 1. The highest BCUT2D eigenvalue weighted by atomic mass is 19.1. The Bertz CT molecular complexity index is 1470. The van der Waals surface area contributed by atoms with Crippen molar-refractivity contribution in [2.24, 2.45) is 0 Å². The summed E-state index contributed by atoms with van der Waals surface area (Å²) in [4.78, 5) is 33.1. The lowest BCUT2D eigenvalue weighted by Gasteiger charge is -2.12. The van der Waals surface area contributed by atoms with Gasteiger partial charge in [0.15, 0.2) is 11.5 Å². The van der Waals surface area contributed by atoms with Gasteiger partial charge < -0.3 is 30.7 Å². The predicted molar refractivity (Wildman–Crippen MR) is 154 cm³/mol. The number of hydrogen-bond donors (Lipinski definition) is 4. The van der Waals surface area contributed by atoms with Crippen molar-refractivity contribution in [1.29, 1.82) is 0 Å². The van der Waals surface area contributed by atoms with Crippen LogP contribution in [0.3, 0.4) is 0 Å². The first-order valence-corrected chi connectivity index (χ1v) is 13.2. The van der Waals surface area contributed by atoms with E-state index in [4.69, 9.17) is 9.47 Å². The number of hydrogen-bond acceptors (Lipinski definition) is 8. The largest absolute Gasteiger partial charge is 0.461 e. The van der Waals surface area contributed by atoms with Gasteiger partial charge in [-0.2, -0.15) is 0 Å². The molecule has 4 rings (SSSR count). The summed E-state index contributed by atoms with van der Waals surface area (Å²) in [6.45, 7) is 4.92. The number of likely N-dealkylation sites (N-methyl/N-ethyl adjacent to an activating group) is 1. The van der Waals surface area contributed by atoms with Gasteiger partial charge in [0, 0.05) is 49.2 Å². The number of imidazole rings is 1. The fourth-order valence-electron chi connectivity index (χ4n) is 4.17. The van der Waals surface area contributed by atoms with Crippen LogP contribution in [0.4, 0.5) is 15.9 Å². The van der Waals surface area contributed by atoms with Crippen molar-refractivity contribution in [3.63, 3.8) is 0 Å². The van der Waals surface area contributed by atoms with Gasteiger partial charge in [0.05, 0.1) is 31.6 Å². The first-order chi connectivity index (χ1) is 19.9. The van der Waals surface area contributed by atoms with E-state index in [2.05, 4.69) is 31.2 Å². The lowest BCUT2D eigenvalue weighted by atomic mass is 10.1. The van der Waals surface area contributed by atoms with Crippen LogP contribution < -0.4 is 26.0 Å². The van der Waals surface area contributed by atoms with Gasteiger partial charge in [0.25, 0.3) is 5.91 Å². The van der Waals surface area contributed by atoms with Crippen LogP contribution in [0.25, 0.3) is 16.9 Å². The van der Waals surface area contributed by atoms with Gasteiger partial charge in [0.1, 0.15) is 5.75 Å². The van der Waals surface area contributed by atoms with E-state index in [1.165, 1.54) is 6.92 Å². The average molecular weight is 564 g/mol. The van der Waals surface area contributed by atoms with Crippen molar-refractivity contribution in [3.05, 3.63) is 72.2 Å². The molecule has 0 saturated heterocycles. The first kappa shape index (κ1) is 29.4. The van der Waals surface area contributed by atoms with Gasteiger partial charge in [0.2, 0.25) is 12.3 Å². The molecule has 0 bridgehead atoms. The number of aryl methyl sites for hydroxylation is 1. The summed E-state index contributed by atoms with van der Waals surface area (Å²) in [5.41, 5.74) is 4.47. The van der Waals surface area contributed by atoms with E-state index in [0.29, 0.717) is 49.1 Å². The number of carbonyl (C=O) groups excluding carboxylic acids is 2. The van der Waals surface area contributed by atoms with Crippen LogP contribution in [0, 0.1) is 6.92 Å². The fourth-order valence-corrected chi connectivity index (χ4v) is 4.17. The van der Waals surface area contributed by atoms with Crippen LogP contribution in [0.2, 0.25) is 0 Å². The van der Waals surface area contributed by atoms with Crippen molar-refractivity contribution in [2.45, 2.75) is 20.2 Å². The molecule has 0 aliphatic heterocycles. The summed E-state index contributed by atoms with van der Waals surface area (Å²) in [6, 6.07) is 12.6. The maximum atomic E-state index is 13.1. The number of rotatable bonds is 14. The van der Waals surface area contributed by atoms with Gasteiger partial charge in [-0.05, 0) is 62.0 Å². The van der Waals surface area contributed by atoms with E-state index in [1.807, 2.05) is 41.8 Å². The molecule has 4 aromatic rings. The molecule has 4 N–H and O–H groups in total. The standard InChI is InChI=1S/C29H34FN7O4/c1-19-16-22(6-9-24(19)29(39)34-12-15-40-14-11-32-26(38)18-31-3)36-27-28-35-17-25(37(28)13-10-33-27)21-4-7-23(8-5-21)41-20(2)30/h4-10,13,16-17,20,31H,11-12,14-15,18H2,1-3H3,(H,32,38)(H,33,36)(H,34,39). The van der Waals surface area contributed by atoms with Crippen molar-refractivity contribution in [2.75, 3.05) is 45.2 Å². The second-order valence-corrected chi connectivity index (χ2v) is 9.20. The smallest absolute Gasteiger partial charge is 0.251 e. The van der Waals surface area contributed by atoms with Crippen LogP contribution >= 0.6 is 0 Å². The number of halogens is 1. The van der Waals surface area contributed by atoms with E-state index in [0.717, 1.165) is 22.5 Å². The number of nitrogens with zero attached hydrogens (tertiary/aromatic N) is 3. The van der Waals surface area contributed by atoms with Gasteiger partial charge >= 0.3 is 0 Å². The molecule has 1 atom stereocenters. The van der Waals surface area contributed by atoms with Crippen molar-refractivity contribution >= 4 is 29.0 Å². The lowest BCUT2D eigenvalue weighted by molar-refractivity contribution is -0.120. The number of anilines is 2. The van der Waals surface area contributed by atoms with Crippen LogP contribution in [-0.2, 0) is 9.53 Å². The van der Waals surface area contributed by atoms with E-state index >= 15 is 0 Å². The van der Waals surface area contributed by atoms with Gasteiger partial charge in [-0.15, -0.1) is 0 Å². The minimum Gasteiger partial charge on any atom is -0.461 e. The monoisotopic (exact) mass is 563 g/mol. The Hall–Kier alpha value is -4.55. The topological polar surface area (TPSA) is 131 Å². The zero-order valence-corrected chi connectivity index (χ0v) is 23.2. The zero-order chi connectivity index (χ0) is 29.2. The van der Waals surface area contributed by atoms with Crippen molar-refractivity contribution in [1.82, 2.24) is 30.3 Å². The molecular weight excluding hydrogens is 529 g/mol. The third-order valence-corrected chi connectivity index (χ3v) is 6.05. The van der Waals surface area contributed by atoms with Gasteiger partial charge in [-0.3, -0.25) is 14.0 Å². The quantitative estimate of drug-likeness (QED) is 0.172. The Kier molecular flexibility index (Phi) is 10.2. The summed E-state index contributed by atoms with van der Waals surface area (Å²) in [5, 5.41) is 11.6. The molecule has 12 heteroatoms. The van der Waals surface area contributed by atoms with E-state index < -0.39 is 6.36 Å². The number of nitrogens with one attached hydrogen (secondary N) is 4. The molecule has 0 spiro atoms. The third kappa shape index (κ3) is 7.99. The summed E-state index contributed by atoms with van der Waals surface area (Å²) in [6.07, 6.45) is 3.86. The number of benzene rings is 2. The Morgan fingerprint density at radius 2 is 1.80 bits per heavy atom. The predicted octanol–water partition coefficient (Wildman–Crippen LogP) is 3.22. The SMILES string of the molecule is CNCC(=O)NCCOCCNC(=O)c1ccc(Nc2nccn3c(-c4ccc(OC(C)F)cc4)cnc23)cc1C. The summed E-state index contributed by atoms with van der Waals surface area (Å²) >= 11 is 0. The Labute approximate surface area is 237 Å². The molecule has 216 valence electrons. The van der Waals surface area contributed by atoms with Crippen LogP contribution in [0.15, 0.2) is 61.1 Å². The molecule has 0 aliphatic carbocycles. The van der Waals surface area contributed by atoms with Crippen LogP contribution in [0.1, 0.15) is 22.8 Å². The van der Waals surface area contributed by atoms with Crippen molar-refractivity contribution in [3.8, 4) is 17.0 Å². The summed E-state index contributed by atoms with van der Waals surface area (Å²) in [5.74, 6) is 0.712. The molecule has 2 aromatic heterocycles. The fraction of sp³-hybridized carbons (Fsp3) is 0.310. The number of alkyl halides is 1. The maximum Gasteiger partial charge on any atom is 0.251 e. The second-order valence-electron chi connectivity index (χ2n) is 9.20. The summed E-state index contributed by atoms with van der Waals surface area (Å²) in [7, 11) is 1.70. The van der Waals surface area contributed by atoms with E-state index in [9.17, 15) is 14.0 Å². The number of carbonyl (C=O) groups is 2. The Balaban J connectivity index is 1.34. The molecule has 0 aliphatic rings. The van der Waals surface area contributed by atoms with Crippen LogP contribution in [-0.4, -0.2) is 72.4 Å². The number of ether oxygens (including phenoxy) is 2. The molecule has 0 fully saturated rings. The molecule has 0 saturated carbocycles. The second kappa shape index (κ2) is 14.2. The highest BCUT2D eigenvalue weighted by Crippen LogP contribution is 2.27. The molecule has 2 aromatic carbocycles. The Morgan fingerprint density at radius 3 is 2.51 bits per heavy atom. The maximum absolute atomic E-state index is 13.1. The van der Waals surface area contributed by atoms with E-state index in [1.54, 1.807) is 37.6 Å². The zero-order valence-electron chi connectivity index (χ0n) is 23.2. The van der Waals surface area contributed by atoms with Gasteiger partial charge in [-0.1, -0.05) is 0 Å². The minimum atomic E-state index is -1.39. The molecule has 2 amide bonds. The Morgan fingerprint density at radius 1 is 1.05 bits per heavy atom. The first-order valence-electron chi connectivity index (χ1n) is 13.2. The van der Waals surface area contributed by atoms with E-state index in [-0.39, 0.29) is 18.4 Å². The van der Waals surface area contributed by atoms with Crippen LogP contribution in [0.5, 0.6) is 5.75 Å². The highest BCUT2D eigenvalue weighted by molar-refractivity contribution is 5.96. The normalized spacial score (nSPS) is 11.7. The molecule has 41 heavy (non-hydrogen) atoms. The summed E-state index contributed by atoms with van der Waals surface area (Å²) < 4.78 is 25.6. The highest BCUT2D eigenvalue weighted by Gasteiger charge is 2.13. The minimum absolute atomic E-state index is 0.0943. The van der Waals surface area contributed by atoms with Gasteiger partial charge in [-0.25, -0.2) is 14.4 Å². The molecule has 11 nitrogen and oxygen atoms in total. The number of amides is 2. The lowest BCUT2D eigenvalue weighted by Crippen LogP contribution is -2.34. The molecule has 1 unspecified atom stereocenters. The average Bonchev–Trinajstić information content (AvgIpc) is 3.38. The molecule has 0 radical (unpaired) electrons. The molecule has 2 heterocycles. The number of aromatic nitrogens is 3. The van der Waals surface area contributed by atoms with Crippen molar-refractivity contribution < 1.29 is 23.5 Å². The third-order valence-electron chi connectivity index (χ3n) is 6.05. The molecular formula is C29H34FN7O4.